The Hall–Kier alpha value is -2.11. The third-order valence-corrected chi connectivity index (χ3v) is 3.68. The molecule has 2 unspecified atom stereocenters. The Balaban J connectivity index is 2.10. The van der Waals surface area contributed by atoms with Crippen LogP contribution in [0.4, 0.5) is 5.82 Å². The molecule has 6 nitrogen and oxygen atoms in total. The monoisotopic (exact) mass is 291 g/mol. The zero-order valence-electron chi connectivity index (χ0n) is 12.4. The van der Waals surface area contributed by atoms with E-state index >= 15 is 0 Å². The van der Waals surface area contributed by atoms with Crippen molar-refractivity contribution in [3.63, 3.8) is 0 Å². The normalized spacial score (nSPS) is 21.9. The van der Waals surface area contributed by atoms with Crippen molar-refractivity contribution < 1.29 is 14.7 Å². The number of carbonyl (C=O) groups excluding carboxylic acids is 1. The van der Waals surface area contributed by atoms with E-state index in [1.165, 1.54) is 6.20 Å². The fourth-order valence-corrected chi connectivity index (χ4v) is 2.69. The van der Waals surface area contributed by atoms with Gasteiger partial charge in [0.05, 0.1) is 11.5 Å². The lowest BCUT2D eigenvalue weighted by molar-refractivity contribution is -0.142. The summed E-state index contributed by atoms with van der Waals surface area (Å²) in [6.07, 6.45) is 2.23. The summed E-state index contributed by atoms with van der Waals surface area (Å²) in [5.41, 5.74) is 0.514. The van der Waals surface area contributed by atoms with Gasteiger partial charge in [0.2, 0.25) is 0 Å². The van der Waals surface area contributed by atoms with Crippen LogP contribution in [0.25, 0.3) is 0 Å². The molecule has 2 N–H and O–H groups in total. The first-order chi connectivity index (χ1) is 10.0. The van der Waals surface area contributed by atoms with Crippen molar-refractivity contribution in [3.05, 3.63) is 23.9 Å². The maximum absolute atomic E-state index is 11.7. The number of anilines is 1. The van der Waals surface area contributed by atoms with E-state index in [0.717, 1.165) is 12.4 Å². The van der Waals surface area contributed by atoms with E-state index in [-0.39, 0.29) is 11.8 Å². The molecule has 0 bridgehead atoms. The van der Waals surface area contributed by atoms with Gasteiger partial charge in [-0.3, -0.25) is 9.59 Å². The van der Waals surface area contributed by atoms with Crippen LogP contribution in [0.15, 0.2) is 18.3 Å². The lowest BCUT2D eigenvalue weighted by Crippen LogP contribution is -2.42. The fourth-order valence-electron chi connectivity index (χ4n) is 2.69. The van der Waals surface area contributed by atoms with Gasteiger partial charge in [-0.1, -0.05) is 6.92 Å². The first-order valence-corrected chi connectivity index (χ1v) is 7.23. The number of pyridine rings is 1. The number of nitrogens with one attached hydrogen (secondary N) is 1. The van der Waals surface area contributed by atoms with Gasteiger partial charge in [-0.05, 0) is 31.4 Å². The molecule has 0 aliphatic carbocycles. The van der Waals surface area contributed by atoms with Gasteiger partial charge < -0.3 is 15.3 Å². The Morgan fingerprint density at radius 3 is 2.76 bits per heavy atom. The van der Waals surface area contributed by atoms with Gasteiger partial charge in [-0.25, -0.2) is 4.98 Å². The molecular weight excluding hydrogens is 270 g/mol. The third kappa shape index (κ3) is 3.71. The molecule has 2 heterocycles. The van der Waals surface area contributed by atoms with Crippen LogP contribution in [-0.2, 0) is 4.79 Å². The molecule has 0 saturated carbocycles. The number of carboxylic acids is 1. The Kier molecular flexibility index (Phi) is 4.77. The molecule has 1 amide bonds. The highest BCUT2D eigenvalue weighted by molar-refractivity contribution is 5.94. The van der Waals surface area contributed by atoms with Crippen LogP contribution in [0.3, 0.4) is 0 Å². The molecule has 0 spiro atoms. The lowest BCUT2D eigenvalue weighted by atomic mass is 9.90. The fraction of sp³-hybridized carbons (Fsp3) is 0.533. The van der Waals surface area contributed by atoms with Crippen LogP contribution < -0.4 is 10.2 Å². The molecule has 21 heavy (non-hydrogen) atoms. The summed E-state index contributed by atoms with van der Waals surface area (Å²) in [4.78, 5) is 29.2. The van der Waals surface area contributed by atoms with Gasteiger partial charge in [-0.2, -0.15) is 0 Å². The van der Waals surface area contributed by atoms with Gasteiger partial charge in [0, 0.05) is 25.8 Å². The van der Waals surface area contributed by atoms with Crippen molar-refractivity contribution in [2.45, 2.75) is 20.3 Å². The number of piperidine rings is 1. The minimum Gasteiger partial charge on any atom is -0.481 e. The van der Waals surface area contributed by atoms with E-state index < -0.39 is 5.97 Å². The van der Waals surface area contributed by atoms with Crippen LogP contribution in [-0.4, -0.2) is 41.6 Å². The van der Waals surface area contributed by atoms with Crippen molar-refractivity contribution in [1.82, 2.24) is 10.3 Å². The Bertz CT molecular complexity index is 515. The van der Waals surface area contributed by atoms with Crippen LogP contribution in [0.5, 0.6) is 0 Å². The Labute approximate surface area is 124 Å². The second-order valence-corrected chi connectivity index (χ2v) is 5.55. The number of carboxylic acid groups (broad SMARTS) is 1. The maximum atomic E-state index is 11.7. The zero-order valence-corrected chi connectivity index (χ0v) is 12.4. The predicted molar refractivity (Wildman–Crippen MR) is 79.4 cm³/mol. The highest BCUT2D eigenvalue weighted by atomic mass is 16.4. The van der Waals surface area contributed by atoms with E-state index in [1.54, 1.807) is 12.1 Å². The molecule has 1 saturated heterocycles. The van der Waals surface area contributed by atoms with E-state index in [0.29, 0.717) is 31.0 Å². The molecule has 1 aromatic rings. The highest BCUT2D eigenvalue weighted by Gasteiger charge is 2.30. The van der Waals surface area contributed by atoms with Gasteiger partial charge >= 0.3 is 5.97 Å². The first kappa shape index (κ1) is 15.3. The number of aromatic nitrogens is 1. The van der Waals surface area contributed by atoms with Gasteiger partial charge in [-0.15, -0.1) is 0 Å². The number of hydrogen-bond acceptors (Lipinski definition) is 4. The van der Waals surface area contributed by atoms with E-state index in [9.17, 15) is 14.7 Å². The number of aliphatic carboxylic acids is 1. The minimum atomic E-state index is -0.759. The van der Waals surface area contributed by atoms with Crippen molar-refractivity contribution >= 4 is 17.7 Å². The summed E-state index contributed by atoms with van der Waals surface area (Å²) >= 11 is 0. The van der Waals surface area contributed by atoms with Crippen molar-refractivity contribution in [1.29, 1.82) is 0 Å². The molecular formula is C15H21N3O3. The van der Waals surface area contributed by atoms with E-state index in [4.69, 9.17) is 0 Å². The van der Waals surface area contributed by atoms with Crippen LogP contribution in [0, 0.1) is 11.8 Å². The molecule has 0 aromatic carbocycles. The largest absolute Gasteiger partial charge is 0.481 e. The van der Waals surface area contributed by atoms with Crippen molar-refractivity contribution in [3.8, 4) is 0 Å². The quantitative estimate of drug-likeness (QED) is 0.875. The maximum Gasteiger partial charge on any atom is 0.308 e. The molecule has 114 valence electrons. The molecule has 1 aliphatic rings. The van der Waals surface area contributed by atoms with Gasteiger partial charge in [0.25, 0.3) is 5.91 Å². The number of nitrogens with zero attached hydrogens (tertiary/aromatic N) is 2. The minimum absolute atomic E-state index is 0.146. The SMILES string of the molecule is CCNC(=O)c1ccc(N2CC(C)CC(C(=O)O)C2)nc1. The standard InChI is InChI=1S/C15H21N3O3/c1-3-16-14(19)11-4-5-13(17-7-11)18-8-10(2)6-12(9-18)15(20)21/h4-5,7,10,12H,3,6,8-9H2,1-2H3,(H,16,19)(H,20,21). The van der Waals surface area contributed by atoms with Gasteiger partial charge in [0.15, 0.2) is 0 Å². The second-order valence-electron chi connectivity index (χ2n) is 5.55. The Morgan fingerprint density at radius 2 is 2.19 bits per heavy atom. The van der Waals surface area contributed by atoms with Crippen LogP contribution >= 0.6 is 0 Å². The summed E-state index contributed by atoms with van der Waals surface area (Å²) in [6, 6.07) is 3.50. The first-order valence-electron chi connectivity index (χ1n) is 7.23. The average Bonchev–Trinajstić information content (AvgIpc) is 2.47. The Morgan fingerprint density at radius 1 is 1.43 bits per heavy atom. The molecule has 1 aliphatic heterocycles. The molecule has 2 atom stereocenters. The van der Waals surface area contributed by atoms with Crippen LogP contribution in [0.1, 0.15) is 30.6 Å². The van der Waals surface area contributed by atoms with Crippen molar-refractivity contribution in [2.24, 2.45) is 11.8 Å². The predicted octanol–water partition coefficient (Wildman–Crippen LogP) is 1.38. The highest BCUT2D eigenvalue weighted by Crippen LogP contribution is 2.25. The molecule has 1 fully saturated rings. The van der Waals surface area contributed by atoms with E-state index in [1.807, 2.05) is 18.7 Å². The lowest BCUT2D eigenvalue weighted by Gasteiger charge is -2.35. The summed E-state index contributed by atoms with van der Waals surface area (Å²) in [5, 5.41) is 11.9. The molecule has 1 aromatic heterocycles. The number of amides is 1. The number of hydrogen-bond donors (Lipinski definition) is 2. The summed E-state index contributed by atoms with van der Waals surface area (Å²) in [6.45, 7) is 5.74. The zero-order chi connectivity index (χ0) is 15.4. The number of carbonyl (C=O) groups is 2. The summed E-state index contributed by atoms with van der Waals surface area (Å²) in [5.74, 6) is -0.235. The molecule has 2 rings (SSSR count). The summed E-state index contributed by atoms with van der Waals surface area (Å²) < 4.78 is 0. The molecule has 0 radical (unpaired) electrons. The smallest absolute Gasteiger partial charge is 0.308 e. The molecule has 6 heteroatoms. The number of rotatable bonds is 4. The van der Waals surface area contributed by atoms with E-state index in [2.05, 4.69) is 10.3 Å². The van der Waals surface area contributed by atoms with Crippen LogP contribution in [0.2, 0.25) is 0 Å². The average molecular weight is 291 g/mol. The van der Waals surface area contributed by atoms with Crippen molar-refractivity contribution in [2.75, 3.05) is 24.5 Å². The topological polar surface area (TPSA) is 82.5 Å². The summed E-state index contributed by atoms with van der Waals surface area (Å²) in [7, 11) is 0. The second kappa shape index (κ2) is 6.56. The van der Waals surface area contributed by atoms with Gasteiger partial charge in [0.1, 0.15) is 5.82 Å². The third-order valence-electron chi connectivity index (χ3n) is 3.68.